The number of hydrogen-bond donors (Lipinski definition) is 2. The molecule has 76 valence electrons. The van der Waals surface area contributed by atoms with Gasteiger partial charge in [-0.2, -0.15) is 0 Å². The third-order valence-electron chi connectivity index (χ3n) is 2.14. The molecule has 2 rings (SSSR count). The number of benzene rings is 1. The molecular weight excluding hydrogens is 192 g/mol. The van der Waals surface area contributed by atoms with Crippen molar-refractivity contribution in [3.05, 3.63) is 46.5 Å². The van der Waals surface area contributed by atoms with Gasteiger partial charge >= 0.3 is 5.69 Å². The van der Waals surface area contributed by atoms with Crippen LogP contribution < -0.4 is 5.69 Å². The monoisotopic (exact) mass is 202 g/mol. The number of Topliss-reactive ketones (excluding diaryl/α,β-unsaturated/α-hetero) is 1. The third kappa shape index (κ3) is 1.74. The average molecular weight is 202 g/mol. The Kier molecular flexibility index (Phi) is 2.25. The molecule has 0 spiro atoms. The topological polar surface area (TPSA) is 65.7 Å². The van der Waals surface area contributed by atoms with Crippen LogP contribution in [0.2, 0.25) is 0 Å². The lowest BCUT2D eigenvalue weighted by Gasteiger charge is -1.98. The second-order valence-corrected chi connectivity index (χ2v) is 3.25. The number of aromatic amines is 2. The van der Waals surface area contributed by atoms with Crippen LogP contribution in [0.5, 0.6) is 0 Å². The summed E-state index contributed by atoms with van der Waals surface area (Å²) in [5.74, 6) is -0.160. The second-order valence-electron chi connectivity index (χ2n) is 3.25. The minimum atomic E-state index is -0.362. The first-order valence-electron chi connectivity index (χ1n) is 4.57. The smallest absolute Gasteiger partial charge is 0.305 e. The molecule has 4 heteroatoms. The highest BCUT2D eigenvalue weighted by atomic mass is 16.1. The van der Waals surface area contributed by atoms with Crippen molar-refractivity contribution in [2.45, 2.75) is 6.92 Å². The second kappa shape index (κ2) is 3.57. The van der Waals surface area contributed by atoms with Gasteiger partial charge in [-0.25, -0.2) is 4.79 Å². The first-order chi connectivity index (χ1) is 7.18. The van der Waals surface area contributed by atoms with E-state index in [1.54, 1.807) is 0 Å². The Hall–Kier alpha value is -2.10. The summed E-state index contributed by atoms with van der Waals surface area (Å²) < 4.78 is 0. The molecule has 0 aliphatic rings. The lowest BCUT2D eigenvalue weighted by molar-refractivity contribution is 0.101. The Morgan fingerprint density at radius 2 is 1.80 bits per heavy atom. The van der Waals surface area contributed by atoms with Gasteiger partial charge in [-0.15, -0.1) is 0 Å². The molecule has 0 fully saturated rings. The van der Waals surface area contributed by atoms with Crippen LogP contribution >= 0.6 is 0 Å². The highest BCUT2D eigenvalue weighted by Crippen LogP contribution is 2.18. The molecule has 0 bridgehead atoms. The molecule has 1 heterocycles. The first kappa shape index (κ1) is 9.45. The lowest BCUT2D eigenvalue weighted by Crippen LogP contribution is -2.02. The fourth-order valence-corrected chi connectivity index (χ4v) is 1.47. The summed E-state index contributed by atoms with van der Waals surface area (Å²) in [4.78, 5) is 27.5. The van der Waals surface area contributed by atoms with Crippen LogP contribution in [0.3, 0.4) is 0 Å². The molecule has 0 unspecified atom stereocenters. The fraction of sp³-hybridized carbons (Fsp3) is 0.0909. The fourth-order valence-electron chi connectivity index (χ4n) is 1.47. The zero-order valence-electron chi connectivity index (χ0n) is 8.20. The minimum Gasteiger partial charge on any atom is -0.305 e. The number of carbonyl (C=O) groups excluding carboxylic acids is 1. The number of aromatic nitrogens is 2. The van der Waals surface area contributed by atoms with E-state index in [0.717, 1.165) is 5.56 Å². The van der Waals surface area contributed by atoms with Gasteiger partial charge in [0.2, 0.25) is 0 Å². The van der Waals surface area contributed by atoms with Crippen LogP contribution in [-0.4, -0.2) is 15.8 Å². The van der Waals surface area contributed by atoms with Crippen LogP contribution in [0.1, 0.15) is 17.4 Å². The van der Waals surface area contributed by atoms with E-state index in [1.165, 1.54) is 6.92 Å². The SMILES string of the molecule is CC(=O)c1[nH]c(=O)[nH]c1-c1ccccc1. The lowest BCUT2D eigenvalue weighted by atomic mass is 10.1. The largest absolute Gasteiger partial charge is 0.323 e. The van der Waals surface area contributed by atoms with Crippen molar-refractivity contribution >= 4 is 5.78 Å². The Balaban J connectivity index is 2.63. The van der Waals surface area contributed by atoms with E-state index >= 15 is 0 Å². The van der Waals surface area contributed by atoms with E-state index in [0.29, 0.717) is 11.4 Å². The van der Waals surface area contributed by atoms with Gasteiger partial charge in [0.25, 0.3) is 0 Å². The van der Waals surface area contributed by atoms with E-state index in [-0.39, 0.29) is 11.5 Å². The highest BCUT2D eigenvalue weighted by Gasteiger charge is 2.12. The van der Waals surface area contributed by atoms with Crippen molar-refractivity contribution in [1.29, 1.82) is 0 Å². The maximum absolute atomic E-state index is 11.3. The number of imidazole rings is 1. The summed E-state index contributed by atoms with van der Waals surface area (Å²) in [7, 11) is 0. The summed E-state index contributed by atoms with van der Waals surface area (Å²) in [6.07, 6.45) is 0. The molecule has 4 nitrogen and oxygen atoms in total. The highest BCUT2D eigenvalue weighted by molar-refractivity contribution is 5.97. The summed E-state index contributed by atoms with van der Waals surface area (Å²) >= 11 is 0. The molecule has 1 aromatic carbocycles. The molecule has 0 amide bonds. The Bertz CT molecular complexity index is 537. The summed E-state index contributed by atoms with van der Waals surface area (Å²) in [6, 6.07) is 9.26. The predicted molar refractivity (Wildman–Crippen MR) is 56.9 cm³/mol. The number of hydrogen-bond acceptors (Lipinski definition) is 2. The molecule has 0 saturated carbocycles. The van der Waals surface area contributed by atoms with Crippen molar-refractivity contribution in [3.63, 3.8) is 0 Å². The standard InChI is InChI=1S/C11H10N2O2/c1-7(14)9-10(13-11(15)12-9)8-5-3-2-4-6-8/h2-6H,1H3,(H2,12,13,15). The van der Waals surface area contributed by atoms with Gasteiger partial charge in [-0.3, -0.25) is 4.79 Å². The van der Waals surface area contributed by atoms with Gasteiger partial charge < -0.3 is 9.97 Å². The van der Waals surface area contributed by atoms with Gasteiger partial charge in [-0.1, -0.05) is 30.3 Å². The number of ketones is 1. The van der Waals surface area contributed by atoms with E-state index in [4.69, 9.17) is 0 Å². The zero-order chi connectivity index (χ0) is 10.8. The predicted octanol–water partition coefficient (Wildman–Crippen LogP) is 1.57. The third-order valence-corrected chi connectivity index (χ3v) is 2.14. The first-order valence-corrected chi connectivity index (χ1v) is 4.57. The average Bonchev–Trinajstić information content (AvgIpc) is 2.62. The van der Waals surface area contributed by atoms with E-state index in [9.17, 15) is 9.59 Å². The van der Waals surface area contributed by atoms with Crippen molar-refractivity contribution < 1.29 is 4.79 Å². The van der Waals surface area contributed by atoms with Gasteiger partial charge in [0, 0.05) is 12.5 Å². The quantitative estimate of drug-likeness (QED) is 0.726. The molecule has 1 aromatic heterocycles. The van der Waals surface area contributed by atoms with Crippen LogP contribution in [-0.2, 0) is 0 Å². The van der Waals surface area contributed by atoms with Gasteiger partial charge in [-0.05, 0) is 0 Å². The summed E-state index contributed by atoms with van der Waals surface area (Å²) in [5.41, 5.74) is 1.33. The van der Waals surface area contributed by atoms with E-state index in [2.05, 4.69) is 9.97 Å². The van der Waals surface area contributed by atoms with Gasteiger partial charge in [0.15, 0.2) is 5.78 Å². The normalized spacial score (nSPS) is 10.2. The maximum atomic E-state index is 11.3. The molecule has 0 atom stereocenters. The Morgan fingerprint density at radius 1 is 1.13 bits per heavy atom. The van der Waals surface area contributed by atoms with Crippen LogP contribution in [0, 0.1) is 0 Å². The molecule has 0 aliphatic carbocycles. The van der Waals surface area contributed by atoms with Crippen molar-refractivity contribution in [3.8, 4) is 11.3 Å². The number of H-pyrrole nitrogens is 2. The van der Waals surface area contributed by atoms with Crippen LogP contribution in [0.15, 0.2) is 35.1 Å². The summed E-state index contributed by atoms with van der Waals surface area (Å²) in [6.45, 7) is 1.42. The Labute approximate surface area is 86.0 Å². The molecule has 2 N–H and O–H groups in total. The molecule has 2 aromatic rings. The van der Waals surface area contributed by atoms with Crippen LogP contribution in [0.25, 0.3) is 11.3 Å². The molecule has 0 radical (unpaired) electrons. The van der Waals surface area contributed by atoms with Crippen molar-refractivity contribution in [1.82, 2.24) is 9.97 Å². The molecule has 15 heavy (non-hydrogen) atoms. The zero-order valence-corrected chi connectivity index (χ0v) is 8.20. The van der Waals surface area contributed by atoms with E-state index in [1.807, 2.05) is 30.3 Å². The Morgan fingerprint density at radius 3 is 2.40 bits per heavy atom. The number of carbonyl (C=O) groups is 1. The minimum absolute atomic E-state index is 0.160. The van der Waals surface area contributed by atoms with Crippen LogP contribution in [0.4, 0.5) is 0 Å². The van der Waals surface area contributed by atoms with E-state index < -0.39 is 0 Å². The number of rotatable bonds is 2. The molecular formula is C11H10N2O2. The number of nitrogens with one attached hydrogen (secondary N) is 2. The molecule has 0 aliphatic heterocycles. The van der Waals surface area contributed by atoms with Crippen molar-refractivity contribution in [2.24, 2.45) is 0 Å². The van der Waals surface area contributed by atoms with Gasteiger partial charge in [0.05, 0.1) is 5.69 Å². The van der Waals surface area contributed by atoms with Crippen molar-refractivity contribution in [2.75, 3.05) is 0 Å². The molecule has 0 saturated heterocycles. The van der Waals surface area contributed by atoms with Gasteiger partial charge in [0.1, 0.15) is 5.69 Å². The summed E-state index contributed by atoms with van der Waals surface area (Å²) in [5, 5.41) is 0. The maximum Gasteiger partial charge on any atom is 0.323 e.